The summed E-state index contributed by atoms with van der Waals surface area (Å²) in [5, 5.41) is 2.68. The van der Waals surface area contributed by atoms with Gasteiger partial charge in [-0.25, -0.2) is 4.79 Å². The number of anilines is 1. The molecule has 2 saturated heterocycles. The third kappa shape index (κ3) is 3.50. The summed E-state index contributed by atoms with van der Waals surface area (Å²) in [7, 11) is 0. The third-order valence-corrected chi connectivity index (χ3v) is 4.44. The van der Waals surface area contributed by atoms with Crippen molar-refractivity contribution in [2.24, 2.45) is 0 Å². The van der Waals surface area contributed by atoms with Crippen molar-refractivity contribution in [2.45, 2.75) is 25.8 Å². The fourth-order valence-corrected chi connectivity index (χ4v) is 3.20. The molecular formula is C17H21N3O4. The Balaban J connectivity index is 1.56. The zero-order valence-electron chi connectivity index (χ0n) is 13.7. The lowest BCUT2D eigenvalue weighted by Gasteiger charge is -2.35. The number of hydrogen-bond acceptors (Lipinski definition) is 4. The molecule has 3 amide bonds. The number of rotatable bonds is 3. The van der Waals surface area contributed by atoms with Crippen LogP contribution in [-0.2, 0) is 9.53 Å². The molecule has 0 atom stereocenters. The molecule has 0 saturated carbocycles. The summed E-state index contributed by atoms with van der Waals surface area (Å²) < 4.78 is 4.98. The van der Waals surface area contributed by atoms with E-state index in [4.69, 9.17) is 4.74 Å². The Hall–Kier alpha value is -2.57. The number of hydrogen-bond donors (Lipinski definition) is 1. The van der Waals surface area contributed by atoms with Gasteiger partial charge in [-0.1, -0.05) is 0 Å². The minimum absolute atomic E-state index is 0.0215. The lowest BCUT2D eigenvalue weighted by Crippen LogP contribution is -2.47. The van der Waals surface area contributed by atoms with Crippen molar-refractivity contribution < 1.29 is 19.1 Å². The number of nitrogens with zero attached hydrogens (tertiary/aromatic N) is 2. The Labute approximate surface area is 140 Å². The van der Waals surface area contributed by atoms with Gasteiger partial charge in [0.1, 0.15) is 6.61 Å². The Bertz CT molecular complexity index is 636. The Kier molecular flexibility index (Phi) is 4.69. The minimum atomic E-state index is -0.242. The summed E-state index contributed by atoms with van der Waals surface area (Å²) in [6.45, 7) is 3.79. The Morgan fingerprint density at radius 1 is 1.12 bits per heavy atom. The van der Waals surface area contributed by atoms with E-state index in [-0.39, 0.29) is 23.9 Å². The predicted molar refractivity (Wildman–Crippen MR) is 87.7 cm³/mol. The zero-order valence-corrected chi connectivity index (χ0v) is 13.7. The average molecular weight is 331 g/mol. The largest absolute Gasteiger partial charge is 0.448 e. The number of nitrogens with one attached hydrogen (secondary N) is 1. The Morgan fingerprint density at radius 2 is 1.79 bits per heavy atom. The quantitative estimate of drug-likeness (QED) is 0.914. The van der Waals surface area contributed by atoms with E-state index in [0.29, 0.717) is 37.5 Å². The number of cyclic esters (lactones) is 1. The first-order chi connectivity index (χ1) is 11.5. The van der Waals surface area contributed by atoms with Crippen LogP contribution in [0.15, 0.2) is 24.3 Å². The van der Waals surface area contributed by atoms with E-state index >= 15 is 0 Å². The molecule has 1 N–H and O–H groups in total. The van der Waals surface area contributed by atoms with Crippen molar-refractivity contribution >= 4 is 23.6 Å². The van der Waals surface area contributed by atoms with E-state index in [0.717, 1.165) is 12.8 Å². The SMILES string of the molecule is CC(=O)Nc1ccc(C(=O)N2CCC(N3CCOC3=O)CC2)cc1. The van der Waals surface area contributed by atoms with Crippen molar-refractivity contribution in [2.75, 3.05) is 31.6 Å². The molecule has 1 aromatic carbocycles. The van der Waals surface area contributed by atoms with Gasteiger partial charge in [-0.05, 0) is 37.1 Å². The van der Waals surface area contributed by atoms with Crippen LogP contribution in [0.2, 0.25) is 0 Å². The van der Waals surface area contributed by atoms with Crippen LogP contribution >= 0.6 is 0 Å². The predicted octanol–water partition coefficient (Wildman–Crippen LogP) is 1.70. The summed E-state index contributed by atoms with van der Waals surface area (Å²) in [5.74, 6) is -0.164. The molecular weight excluding hydrogens is 310 g/mol. The third-order valence-electron chi connectivity index (χ3n) is 4.44. The molecule has 128 valence electrons. The summed E-state index contributed by atoms with van der Waals surface area (Å²) >= 11 is 0. The van der Waals surface area contributed by atoms with Gasteiger partial charge in [0.25, 0.3) is 5.91 Å². The maximum Gasteiger partial charge on any atom is 0.410 e. The summed E-state index contributed by atoms with van der Waals surface area (Å²) in [6.07, 6.45) is 1.30. The molecule has 0 radical (unpaired) electrons. The number of ether oxygens (including phenoxy) is 1. The van der Waals surface area contributed by atoms with Crippen molar-refractivity contribution in [1.82, 2.24) is 9.80 Å². The molecule has 3 rings (SSSR count). The monoisotopic (exact) mass is 331 g/mol. The fraction of sp³-hybridized carbons (Fsp3) is 0.471. The maximum absolute atomic E-state index is 12.6. The zero-order chi connectivity index (χ0) is 17.1. The maximum atomic E-state index is 12.6. The molecule has 24 heavy (non-hydrogen) atoms. The van der Waals surface area contributed by atoms with Gasteiger partial charge < -0.3 is 19.9 Å². The molecule has 2 fully saturated rings. The van der Waals surface area contributed by atoms with Gasteiger partial charge in [0.05, 0.1) is 6.54 Å². The molecule has 2 aliphatic heterocycles. The van der Waals surface area contributed by atoms with Gasteiger partial charge >= 0.3 is 6.09 Å². The van der Waals surface area contributed by atoms with Crippen LogP contribution in [0.3, 0.4) is 0 Å². The minimum Gasteiger partial charge on any atom is -0.448 e. The number of carbonyl (C=O) groups excluding carboxylic acids is 3. The van der Waals surface area contributed by atoms with Gasteiger partial charge in [-0.15, -0.1) is 0 Å². The van der Waals surface area contributed by atoms with Crippen molar-refractivity contribution in [1.29, 1.82) is 0 Å². The van der Waals surface area contributed by atoms with E-state index in [1.54, 1.807) is 29.2 Å². The smallest absolute Gasteiger partial charge is 0.410 e. The number of benzene rings is 1. The molecule has 2 aliphatic rings. The van der Waals surface area contributed by atoms with Crippen molar-refractivity contribution in [3.05, 3.63) is 29.8 Å². The molecule has 1 aromatic rings. The highest BCUT2D eigenvalue weighted by Crippen LogP contribution is 2.21. The van der Waals surface area contributed by atoms with Crippen LogP contribution in [0, 0.1) is 0 Å². The highest BCUT2D eigenvalue weighted by molar-refractivity contribution is 5.95. The summed E-state index contributed by atoms with van der Waals surface area (Å²) in [4.78, 5) is 38.8. The van der Waals surface area contributed by atoms with Crippen LogP contribution in [0.1, 0.15) is 30.1 Å². The second-order valence-corrected chi connectivity index (χ2v) is 6.09. The van der Waals surface area contributed by atoms with E-state index in [1.165, 1.54) is 6.92 Å². The molecule has 0 bridgehead atoms. The van der Waals surface area contributed by atoms with Gasteiger partial charge in [-0.2, -0.15) is 0 Å². The standard InChI is InChI=1S/C17H21N3O4/c1-12(21)18-14-4-2-13(3-5-14)16(22)19-8-6-15(7-9-19)20-10-11-24-17(20)23/h2-5,15H,6-11H2,1H3,(H,18,21). The van der Waals surface area contributed by atoms with Crippen LogP contribution in [-0.4, -0.2) is 60.0 Å². The van der Waals surface area contributed by atoms with Crippen LogP contribution in [0.4, 0.5) is 10.5 Å². The molecule has 7 nitrogen and oxygen atoms in total. The highest BCUT2D eigenvalue weighted by atomic mass is 16.6. The second-order valence-electron chi connectivity index (χ2n) is 6.09. The van der Waals surface area contributed by atoms with Gasteiger partial charge in [-0.3, -0.25) is 9.59 Å². The first-order valence-electron chi connectivity index (χ1n) is 8.15. The molecule has 0 unspecified atom stereocenters. The van der Waals surface area contributed by atoms with Crippen LogP contribution < -0.4 is 5.32 Å². The normalized spacial score (nSPS) is 18.5. The molecule has 0 aliphatic carbocycles. The summed E-state index contributed by atoms with van der Waals surface area (Å²) in [6, 6.07) is 7.05. The van der Waals surface area contributed by atoms with Crippen molar-refractivity contribution in [3.8, 4) is 0 Å². The molecule has 0 spiro atoms. The second kappa shape index (κ2) is 6.90. The first kappa shape index (κ1) is 16.3. The van der Waals surface area contributed by atoms with E-state index < -0.39 is 0 Å². The van der Waals surface area contributed by atoms with E-state index in [2.05, 4.69) is 5.32 Å². The lowest BCUT2D eigenvalue weighted by atomic mass is 10.0. The number of carbonyl (C=O) groups is 3. The van der Waals surface area contributed by atoms with Crippen LogP contribution in [0.5, 0.6) is 0 Å². The molecule has 2 heterocycles. The number of piperidine rings is 1. The fourth-order valence-electron chi connectivity index (χ4n) is 3.20. The van der Waals surface area contributed by atoms with Gasteiger partial charge in [0.15, 0.2) is 0 Å². The van der Waals surface area contributed by atoms with Gasteiger partial charge in [0, 0.05) is 37.3 Å². The average Bonchev–Trinajstić information content (AvgIpc) is 3.00. The molecule has 7 heteroatoms. The topological polar surface area (TPSA) is 79.0 Å². The molecule has 0 aromatic heterocycles. The number of amides is 3. The lowest BCUT2D eigenvalue weighted by molar-refractivity contribution is -0.114. The van der Waals surface area contributed by atoms with E-state index in [1.807, 2.05) is 4.90 Å². The first-order valence-corrected chi connectivity index (χ1v) is 8.15. The van der Waals surface area contributed by atoms with Crippen LogP contribution in [0.25, 0.3) is 0 Å². The van der Waals surface area contributed by atoms with E-state index in [9.17, 15) is 14.4 Å². The van der Waals surface area contributed by atoms with Crippen molar-refractivity contribution in [3.63, 3.8) is 0 Å². The number of likely N-dealkylation sites (tertiary alicyclic amines) is 1. The highest BCUT2D eigenvalue weighted by Gasteiger charge is 2.33. The summed E-state index contributed by atoms with van der Waals surface area (Å²) in [5.41, 5.74) is 1.27. The Morgan fingerprint density at radius 3 is 2.33 bits per heavy atom. The van der Waals surface area contributed by atoms with Gasteiger partial charge in [0.2, 0.25) is 5.91 Å².